The van der Waals surface area contributed by atoms with Crippen LogP contribution in [0.3, 0.4) is 0 Å². The summed E-state index contributed by atoms with van der Waals surface area (Å²) in [5.41, 5.74) is 6.69. The van der Waals surface area contributed by atoms with Gasteiger partial charge < -0.3 is 30.3 Å². The maximum atomic E-state index is 3.57. The molecule has 0 aromatic heterocycles. The van der Waals surface area contributed by atoms with Crippen LogP contribution < -0.4 is 10.6 Å². The van der Waals surface area contributed by atoms with Gasteiger partial charge >= 0.3 is 0 Å². The first kappa shape index (κ1) is 32.9. The van der Waals surface area contributed by atoms with Gasteiger partial charge in [-0.2, -0.15) is 11.6 Å². The van der Waals surface area contributed by atoms with Gasteiger partial charge in [0.2, 0.25) is 0 Å². The molecule has 2 atom stereocenters. The van der Waals surface area contributed by atoms with Gasteiger partial charge in [-0.25, -0.2) is 12.1 Å². The Bertz CT molecular complexity index is 1370. The smallest absolute Gasteiger partial charge is 0 e. The predicted octanol–water partition coefficient (Wildman–Crippen LogP) is 10.4. The van der Waals surface area contributed by atoms with Crippen LogP contribution in [0.25, 0.3) is 0 Å². The summed E-state index contributed by atoms with van der Waals surface area (Å²) in [5, 5.41) is 3.19. The summed E-state index contributed by atoms with van der Waals surface area (Å²) >= 11 is 0. The summed E-state index contributed by atoms with van der Waals surface area (Å²) in [6.45, 7) is 12.2. The Labute approximate surface area is 276 Å². The van der Waals surface area contributed by atoms with E-state index in [1.807, 2.05) is 30.3 Å². The van der Waals surface area contributed by atoms with Crippen molar-refractivity contribution >= 4 is 27.8 Å². The molecule has 43 heavy (non-hydrogen) atoms. The van der Waals surface area contributed by atoms with Crippen LogP contribution in [0.15, 0.2) is 97.1 Å². The normalized spacial score (nSPS) is 25.5. The molecular formula is C40H50FeP2-6. The zero-order valence-electron chi connectivity index (χ0n) is 26.8. The van der Waals surface area contributed by atoms with Gasteiger partial charge in [0.1, 0.15) is 0 Å². The second kappa shape index (κ2) is 13.1. The number of hydrogen-bond donors (Lipinski definition) is 0. The average Bonchev–Trinajstić information content (AvgIpc) is 3.67. The minimum absolute atomic E-state index is 0. The maximum Gasteiger partial charge on any atom is 0 e. The quantitative estimate of drug-likeness (QED) is 0.111. The van der Waals surface area contributed by atoms with Crippen molar-refractivity contribution in [3.05, 3.63) is 119 Å². The van der Waals surface area contributed by atoms with E-state index in [9.17, 15) is 0 Å². The Morgan fingerprint density at radius 3 is 1.60 bits per heavy atom. The predicted molar refractivity (Wildman–Crippen MR) is 188 cm³/mol. The van der Waals surface area contributed by atoms with Gasteiger partial charge in [-0.05, 0) is 114 Å². The number of benzene rings is 2. The summed E-state index contributed by atoms with van der Waals surface area (Å²) in [4.78, 5) is 0. The Hall–Kier alpha value is -1.48. The third-order valence-electron chi connectivity index (χ3n) is 11.1. The van der Waals surface area contributed by atoms with E-state index in [-0.39, 0.29) is 27.6 Å². The summed E-state index contributed by atoms with van der Waals surface area (Å²) in [5.74, 6) is 2.88. The Morgan fingerprint density at radius 1 is 0.744 bits per heavy atom. The molecule has 4 saturated carbocycles. The molecular weight excluding hydrogens is 598 g/mol. The second-order valence-corrected chi connectivity index (χ2v) is 17.8. The number of rotatable bonds is 6. The molecule has 4 bridgehead atoms. The van der Waals surface area contributed by atoms with E-state index in [4.69, 9.17) is 0 Å². The van der Waals surface area contributed by atoms with Crippen LogP contribution in [0.2, 0.25) is 0 Å². The van der Waals surface area contributed by atoms with E-state index < -0.39 is 7.92 Å². The largest absolute Gasteiger partial charge is 0.748 e. The van der Waals surface area contributed by atoms with E-state index in [2.05, 4.69) is 111 Å². The van der Waals surface area contributed by atoms with Crippen molar-refractivity contribution < 1.29 is 17.1 Å². The van der Waals surface area contributed by atoms with Crippen molar-refractivity contribution in [2.75, 3.05) is 0 Å². The van der Waals surface area contributed by atoms with Gasteiger partial charge in [-0.15, -0.1) is 14.8 Å². The molecule has 0 radical (unpaired) electrons. The molecule has 0 saturated heterocycles. The van der Waals surface area contributed by atoms with E-state index >= 15 is 0 Å². The molecule has 0 amide bonds. The third-order valence-corrected chi connectivity index (χ3v) is 15.7. The Kier molecular flexibility index (Phi) is 10.0. The first-order chi connectivity index (χ1) is 20.1. The zero-order chi connectivity index (χ0) is 29.5. The van der Waals surface area contributed by atoms with Crippen molar-refractivity contribution in [3.8, 4) is 0 Å². The van der Waals surface area contributed by atoms with Gasteiger partial charge in [0.25, 0.3) is 0 Å². The average molecular weight is 649 g/mol. The third kappa shape index (κ3) is 6.19. The Morgan fingerprint density at radius 2 is 1.19 bits per heavy atom. The molecule has 0 heterocycles. The molecule has 4 aromatic rings. The second-order valence-electron chi connectivity index (χ2n) is 14.8. The summed E-state index contributed by atoms with van der Waals surface area (Å²) in [6, 6.07) is 35.6. The minimum Gasteiger partial charge on any atom is -0.748 e. The van der Waals surface area contributed by atoms with Crippen LogP contribution in [-0.2, 0) is 28.4 Å². The number of hydrogen-bond acceptors (Lipinski definition) is 0. The van der Waals surface area contributed by atoms with Crippen LogP contribution in [0.5, 0.6) is 0 Å². The van der Waals surface area contributed by atoms with Gasteiger partial charge in [-0.3, -0.25) is 0 Å². The molecule has 0 aliphatic heterocycles. The molecule has 234 valence electrons. The first-order valence-electron chi connectivity index (χ1n) is 16.2. The van der Waals surface area contributed by atoms with Crippen molar-refractivity contribution in [1.29, 1.82) is 0 Å². The first-order valence-corrected chi connectivity index (χ1v) is 18.3. The molecule has 0 spiro atoms. The van der Waals surface area contributed by atoms with Crippen LogP contribution in [0.1, 0.15) is 81.5 Å². The monoisotopic (exact) mass is 648 g/mol. The van der Waals surface area contributed by atoms with Gasteiger partial charge in [0.15, 0.2) is 0 Å². The standard InChI is InChI=1S/C35H45P2.C5H5.Fe/c1-24-11-6-8-15-31(24)37(32-16-9-7-12-25(32)2)23-29-13-10-14-30(29)35(36,33(3,4)5)34-20-26-17-27(21-34)19-28(18-26)22-34;1-2-4-5-3-1;/h6-16,26-28H,17-23,36H2,1-5H3;1-5H;/q-1;-5;. The molecule has 4 aliphatic carbocycles. The molecule has 3 heteroatoms. The Balaban J connectivity index is 0.000000559. The van der Waals surface area contributed by atoms with Crippen LogP contribution in [0, 0.1) is 42.4 Å². The fourth-order valence-corrected chi connectivity index (χ4v) is 13.0. The molecule has 4 aromatic carbocycles. The van der Waals surface area contributed by atoms with E-state index in [0.717, 1.165) is 23.9 Å². The molecule has 8 rings (SSSR count). The zero-order valence-corrected chi connectivity index (χ0v) is 30.0. The van der Waals surface area contributed by atoms with Crippen LogP contribution in [-0.4, -0.2) is 0 Å². The van der Waals surface area contributed by atoms with Crippen molar-refractivity contribution in [1.82, 2.24) is 0 Å². The van der Waals surface area contributed by atoms with Crippen LogP contribution >= 0.6 is 17.2 Å². The van der Waals surface area contributed by atoms with Crippen molar-refractivity contribution in [2.45, 2.75) is 84.5 Å². The molecule has 4 aliphatic rings. The van der Waals surface area contributed by atoms with Crippen molar-refractivity contribution in [3.63, 3.8) is 0 Å². The number of aryl methyl sites for hydroxylation is 2. The van der Waals surface area contributed by atoms with Crippen molar-refractivity contribution in [2.24, 2.45) is 28.6 Å². The van der Waals surface area contributed by atoms with Gasteiger partial charge in [0, 0.05) is 17.1 Å². The summed E-state index contributed by atoms with van der Waals surface area (Å²) < 4.78 is 0. The SMILES string of the molecule is Cc1ccccc1P(C[c-]1cccc1C(P)(C(C)(C)C)C12CC3CC(CC(C3)C1)C2)c1ccccc1C.[Fe].[cH-]1[cH-][cH-][cH-][cH-]1. The van der Waals surface area contributed by atoms with Gasteiger partial charge in [0.05, 0.1) is 0 Å². The maximum absolute atomic E-state index is 3.57. The molecule has 0 N–H and O–H groups in total. The molecule has 2 unspecified atom stereocenters. The van der Waals surface area contributed by atoms with E-state index in [1.54, 1.807) is 21.7 Å². The van der Waals surface area contributed by atoms with Gasteiger partial charge in [-0.1, -0.05) is 77.2 Å². The van der Waals surface area contributed by atoms with Crippen LogP contribution in [0.4, 0.5) is 0 Å². The topological polar surface area (TPSA) is 0 Å². The fraction of sp³-hybridized carbons (Fsp3) is 0.450. The van der Waals surface area contributed by atoms with E-state index in [1.165, 1.54) is 49.7 Å². The molecule has 0 nitrogen and oxygen atoms in total. The molecule has 4 fully saturated rings. The fourth-order valence-electron chi connectivity index (χ4n) is 9.58. The minimum atomic E-state index is -0.485. The summed E-state index contributed by atoms with van der Waals surface area (Å²) in [6.07, 6.45) is 9.96. The summed E-state index contributed by atoms with van der Waals surface area (Å²) in [7, 11) is 3.09. The van der Waals surface area contributed by atoms with E-state index in [0.29, 0.717) is 5.41 Å².